The average Bonchev–Trinajstić information content (AvgIpc) is 3.30. The number of anilines is 2. The Balaban J connectivity index is 1.40. The lowest BCUT2D eigenvalue weighted by Gasteiger charge is -2.27. The van der Waals surface area contributed by atoms with Crippen LogP contribution in [0.3, 0.4) is 0 Å². The van der Waals surface area contributed by atoms with E-state index in [1.54, 1.807) is 29.3 Å². The molecular formula is C29H24ClN3O3. The van der Waals surface area contributed by atoms with Crippen LogP contribution >= 0.6 is 11.6 Å². The summed E-state index contributed by atoms with van der Waals surface area (Å²) < 4.78 is 5.02. The van der Waals surface area contributed by atoms with Crippen LogP contribution in [-0.2, 0) is 16.0 Å². The number of rotatable bonds is 6. The number of cyclic esters (lactones) is 1. The van der Waals surface area contributed by atoms with Gasteiger partial charge in [-0.2, -0.15) is 5.10 Å². The second-order valence-corrected chi connectivity index (χ2v) is 8.94. The van der Waals surface area contributed by atoms with Crippen LogP contribution in [0.25, 0.3) is 11.8 Å². The molecule has 7 heteroatoms. The highest BCUT2D eigenvalue weighted by atomic mass is 35.5. The zero-order chi connectivity index (χ0) is 25.1. The van der Waals surface area contributed by atoms with Crippen LogP contribution in [0.1, 0.15) is 39.9 Å². The molecule has 6 nitrogen and oxygen atoms in total. The summed E-state index contributed by atoms with van der Waals surface area (Å²) in [5.41, 5.74) is 6.56. The van der Waals surface area contributed by atoms with E-state index in [4.69, 9.17) is 16.3 Å². The molecule has 1 fully saturated rings. The number of benzene rings is 3. The van der Waals surface area contributed by atoms with Crippen molar-refractivity contribution < 1.29 is 14.3 Å². The highest BCUT2D eigenvalue weighted by Crippen LogP contribution is 2.35. The zero-order valence-corrected chi connectivity index (χ0v) is 20.3. The molecule has 0 spiro atoms. The third-order valence-electron chi connectivity index (χ3n) is 6.23. The van der Waals surface area contributed by atoms with Gasteiger partial charge in [0.05, 0.1) is 28.6 Å². The van der Waals surface area contributed by atoms with E-state index >= 15 is 0 Å². The van der Waals surface area contributed by atoms with E-state index in [0.29, 0.717) is 34.9 Å². The largest absolute Gasteiger partial charge is 0.462 e. The summed E-state index contributed by atoms with van der Waals surface area (Å²) in [7, 11) is 0. The van der Waals surface area contributed by atoms with Gasteiger partial charge in [0.2, 0.25) is 0 Å². The topological polar surface area (TPSA) is 71.0 Å². The lowest BCUT2D eigenvalue weighted by atomic mass is 9.93. The van der Waals surface area contributed by atoms with Gasteiger partial charge < -0.3 is 10.1 Å². The van der Waals surface area contributed by atoms with Crippen LogP contribution in [0.2, 0.25) is 5.02 Å². The van der Waals surface area contributed by atoms with E-state index in [0.717, 1.165) is 40.9 Å². The molecule has 180 valence electrons. The molecule has 3 aromatic rings. The number of carbonyl (C=O) groups is 2. The van der Waals surface area contributed by atoms with Crippen molar-refractivity contribution in [1.82, 2.24) is 0 Å². The molecule has 1 amide bonds. The fourth-order valence-electron chi connectivity index (χ4n) is 4.42. The van der Waals surface area contributed by atoms with Gasteiger partial charge in [-0.3, -0.25) is 4.79 Å². The lowest BCUT2D eigenvalue weighted by Crippen LogP contribution is -2.18. The first-order chi connectivity index (χ1) is 17.5. The summed E-state index contributed by atoms with van der Waals surface area (Å²) in [5.74, 6) is -0.522. The van der Waals surface area contributed by atoms with Crippen LogP contribution in [-0.4, -0.2) is 25.2 Å². The number of nitrogens with one attached hydrogen (secondary N) is 1. The second-order valence-electron chi connectivity index (χ2n) is 8.53. The molecule has 0 aromatic heterocycles. The van der Waals surface area contributed by atoms with Gasteiger partial charge in [0.15, 0.2) is 0 Å². The van der Waals surface area contributed by atoms with Crippen molar-refractivity contribution in [3.8, 4) is 0 Å². The first kappa shape index (κ1) is 23.6. The van der Waals surface area contributed by atoms with Crippen LogP contribution in [0.4, 0.5) is 11.4 Å². The van der Waals surface area contributed by atoms with Crippen molar-refractivity contribution in [2.24, 2.45) is 5.10 Å². The van der Waals surface area contributed by atoms with Crippen LogP contribution in [0, 0.1) is 0 Å². The van der Waals surface area contributed by atoms with Crippen molar-refractivity contribution in [2.75, 3.05) is 16.9 Å². The number of hydrogen-bond donors (Lipinski definition) is 1. The third kappa shape index (κ3) is 4.81. The summed E-state index contributed by atoms with van der Waals surface area (Å²) in [6, 6.07) is 20.6. The predicted octanol–water partition coefficient (Wildman–Crippen LogP) is 6.33. The van der Waals surface area contributed by atoms with Crippen molar-refractivity contribution in [2.45, 2.75) is 19.3 Å². The van der Waals surface area contributed by atoms with Crippen LogP contribution in [0.15, 0.2) is 83.5 Å². The minimum atomic E-state index is -0.267. The highest BCUT2D eigenvalue weighted by molar-refractivity contribution is 6.34. The third-order valence-corrected chi connectivity index (χ3v) is 6.56. The van der Waals surface area contributed by atoms with Crippen LogP contribution < -0.4 is 10.3 Å². The predicted molar refractivity (Wildman–Crippen MR) is 144 cm³/mol. The number of allylic oxidation sites excluding steroid dienone is 1. The van der Waals surface area contributed by atoms with Gasteiger partial charge in [-0.25, -0.2) is 9.80 Å². The average molecular weight is 498 g/mol. The Morgan fingerprint density at radius 2 is 1.89 bits per heavy atom. The number of amides is 1. The molecule has 1 aliphatic heterocycles. The monoisotopic (exact) mass is 497 g/mol. The first-order valence-electron chi connectivity index (χ1n) is 11.7. The summed E-state index contributed by atoms with van der Waals surface area (Å²) in [4.78, 5) is 24.5. The van der Waals surface area contributed by atoms with Gasteiger partial charge >= 0.3 is 5.97 Å². The Hall–Kier alpha value is -4.16. The molecule has 0 unspecified atom stereocenters. The molecule has 1 N–H and O–H groups in total. The summed E-state index contributed by atoms with van der Waals surface area (Å²) in [6.07, 6.45) is 6.37. The number of aryl methyl sites for hydroxylation is 1. The van der Waals surface area contributed by atoms with Gasteiger partial charge in [-0.05, 0) is 66.4 Å². The quantitative estimate of drug-likeness (QED) is 0.187. The molecular weight excluding hydrogens is 474 g/mol. The minimum absolute atomic E-state index is 0.255. The summed E-state index contributed by atoms with van der Waals surface area (Å²) in [5, 5.41) is 9.44. The van der Waals surface area contributed by atoms with Crippen molar-refractivity contribution in [1.29, 1.82) is 0 Å². The molecule has 1 saturated heterocycles. The van der Waals surface area contributed by atoms with Crippen molar-refractivity contribution in [3.05, 3.63) is 106 Å². The smallest absolute Gasteiger partial charge is 0.334 e. The molecule has 0 bridgehead atoms. The molecule has 5 rings (SSSR count). The molecule has 0 saturated carbocycles. The fourth-order valence-corrected chi connectivity index (χ4v) is 4.64. The number of esters is 1. The second kappa shape index (κ2) is 10.2. The SMILES string of the molecule is C=NN(C1=CCCc2ccc(NC(=O)c3ccccc3Cl)cc21)c1ccc(/C=C2\CCOC2=O)cc1. The number of ether oxygens (including phenoxy) is 1. The maximum absolute atomic E-state index is 12.8. The Morgan fingerprint density at radius 3 is 2.61 bits per heavy atom. The number of hydrogen-bond acceptors (Lipinski definition) is 5. The van der Waals surface area contributed by atoms with Gasteiger partial charge in [0.1, 0.15) is 0 Å². The van der Waals surface area contributed by atoms with Gasteiger partial charge in [0.25, 0.3) is 5.91 Å². The Kier molecular flexibility index (Phi) is 6.69. The van der Waals surface area contributed by atoms with E-state index in [1.807, 2.05) is 48.5 Å². The van der Waals surface area contributed by atoms with E-state index in [9.17, 15) is 9.59 Å². The van der Waals surface area contributed by atoms with Crippen LogP contribution in [0.5, 0.6) is 0 Å². The van der Waals surface area contributed by atoms with Gasteiger partial charge in [-0.1, -0.05) is 48.0 Å². The fraction of sp³-hybridized carbons (Fsp3) is 0.138. The van der Waals surface area contributed by atoms with E-state index in [1.165, 1.54) is 0 Å². The Bertz CT molecular complexity index is 1410. The normalized spacial score (nSPS) is 15.6. The maximum Gasteiger partial charge on any atom is 0.334 e. The molecule has 3 aromatic carbocycles. The molecule has 36 heavy (non-hydrogen) atoms. The first-order valence-corrected chi connectivity index (χ1v) is 12.0. The minimum Gasteiger partial charge on any atom is -0.462 e. The lowest BCUT2D eigenvalue weighted by molar-refractivity contribution is -0.134. The Morgan fingerprint density at radius 1 is 1.08 bits per heavy atom. The summed E-state index contributed by atoms with van der Waals surface area (Å²) in [6.45, 7) is 4.23. The van der Waals surface area contributed by atoms with Gasteiger partial charge in [-0.15, -0.1) is 0 Å². The standard InChI is InChI=1S/C29H24ClN3O3/c1-31-33(23-13-9-19(10-14-23)17-21-15-16-36-29(21)35)27-8-4-5-20-11-12-22(18-25(20)27)32-28(34)24-6-2-3-7-26(24)30/h2-3,6-14,17-18H,1,4-5,15-16H2,(H,32,34)/b21-17+. The number of fused-ring (bicyclic) bond motifs is 1. The van der Waals surface area contributed by atoms with Crippen molar-refractivity contribution >= 4 is 53.3 Å². The van der Waals surface area contributed by atoms with E-state index < -0.39 is 0 Å². The van der Waals surface area contributed by atoms with E-state index in [-0.39, 0.29) is 11.9 Å². The number of nitrogens with zero attached hydrogens (tertiary/aromatic N) is 2. The molecule has 0 atom stereocenters. The molecule has 1 heterocycles. The number of hydrazone groups is 1. The number of carbonyl (C=O) groups excluding carboxylic acids is 2. The maximum atomic E-state index is 12.8. The van der Waals surface area contributed by atoms with Gasteiger partial charge in [0, 0.05) is 30.0 Å². The van der Waals surface area contributed by atoms with Crippen molar-refractivity contribution in [3.63, 3.8) is 0 Å². The number of halogens is 1. The van der Waals surface area contributed by atoms with E-state index in [2.05, 4.69) is 23.2 Å². The molecule has 1 aliphatic carbocycles. The Labute approximate surface area is 214 Å². The molecule has 0 radical (unpaired) electrons. The molecule has 2 aliphatic rings. The summed E-state index contributed by atoms with van der Waals surface area (Å²) >= 11 is 6.20. The zero-order valence-electron chi connectivity index (χ0n) is 19.5. The highest BCUT2D eigenvalue weighted by Gasteiger charge is 2.21.